The molecule has 1 fully saturated rings. The van der Waals surface area contributed by atoms with Crippen molar-refractivity contribution in [2.75, 3.05) is 13.1 Å². The van der Waals surface area contributed by atoms with E-state index in [2.05, 4.69) is 0 Å². The van der Waals surface area contributed by atoms with Crippen LogP contribution in [0.5, 0.6) is 0 Å². The summed E-state index contributed by atoms with van der Waals surface area (Å²) in [6.07, 6.45) is 0.661. The molecule has 1 aromatic carbocycles. The van der Waals surface area contributed by atoms with Crippen molar-refractivity contribution in [2.45, 2.75) is 58.0 Å². The van der Waals surface area contributed by atoms with Gasteiger partial charge in [-0.1, -0.05) is 30.3 Å². The molecule has 0 radical (unpaired) electrons. The lowest BCUT2D eigenvalue weighted by Gasteiger charge is -2.35. The molecule has 146 valence electrons. The van der Waals surface area contributed by atoms with Gasteiger partial charge in [0, 0.05) is 13.1 Å². The molecule has 1 saturated heterocycles. The molecule has 0 bridgehead atoms. The Labute approximate surface area is 156 Å². The molecule has 1 aromatic rings. The van der Waals surface area contributed by atoms with Crippen LogP contribution in [0.3, 0.4) is 0 Å². The first-order chi connectivity index (χ1) is 12.1. The summed E-state index contributed by atoms with van der Waals surface area (Å²) in [4.78, 5) is 13.8. The molecule has 26 heavy (non-hydrogen) atoms. The van der Waals surface area contributed by atoms with Gasteiger partial charge in [0.1, 0.15) is 11.4 Å². The topological polar surface area (TPSA) is 72.9 Å². The lowest BCUT2D eigenvalue weighted by molar-refractivity contribution is 0.0124. The second-order valence-electron chi connectivity index (χ2n) is 7.79. The summed E-state index contributed by atoms with van der Waals surface area (Å²) in [7, 11) is -3.64. The van der Waals surface area contributed by atoms with E-state index in [1.807, 2.05) is 26.8 Å². The van der Waals surface area contributed by atoms with Crippen LogP contribution in [0, 0.1) is 5.92 Å². The third-order valence-electron chi connectivity index (χ3n) is 4.34. The minimum atomic E-state index is -3.64. The highest BCUT2D eigenvalue weighted by Gasteiger charge is 2.31. The molecule has 0 aromatic heterocycles. The van der Waals surface area contributed by atoms with Crippen LogP contribution in [0.2, 0.25) is 0 Å². The van der Waals surface area contributed by atoms with Crippen molar-refractivity contribution in [3.8, 4) is 0 Å². The van der Waals surface area contributed by atoms with Crippen LogP contribution in [0.25, 0.3) is 0 Å². The zero-order valence-corrected chi connectivity index (χ0v) is 16.8. The van der Waals surface area contributed by atoms with Crippen molar-refractivity contribution in [1.29, 1.82) is 0 Å². The molecular weight excluding hydrogens is 354 g/mol. The summed E-state index contributed by atoms with van der Waals surface area (Å²) in [5.41, 5.74) is 0.190. The summed E-state index contributed by atoms with van der Waals surface area (Å²) < 4.78 is 35.3. The number of hydrogen-bond acceptors (Lipinski definition) is 5. The van der Waals surface area contributed by atoms with Crippen LogP contribution in [-0.4, -0.2) is 44.2 Å². The first-order valence-corrected chi connectivity index (χ1v) is 10.6. The van der Waals surface area contributed by atoms with Crippen molar-refractivity contribution in [2.24, 2.45) is 5.92 Å². The van der Waals surface area contributed by atoms with Crippen LogP contribution >= 0.6 is 0 Å². The Bertz CT molecular complexity index is 688. The SMILES string of the molecule is CC(OS(=O)(=O)Cc1ccccc1)C1CCN(C(=O)OC(C)(C)C)CC1. The van der Waals surface area contributed by atoms with Gasteiger partial charge < -0.3 is 9.64 Å². The van der Waals surface area contributed by atoms with E-state index in [1.165, 1.54) is 0 Å². The van der Waals surface area contributed by atoms with Crippen LogP contribution < -0.4 is 0 Å². The molecule has 2 rings (SSSR count). The molecule has 6 nitrogen and oxygen atoms in total. The van der Waals surface area contributed by atoms with E-state index in [9.17, 15) is 13.2 Å². The van der Waals surface area contributed by atoms with Gasteiger partial charge >= 0.3 is 6.09 Å². The number of rotatable bonds is 5. The Morgan fingerprint density at radius 1 is 1.19 bits per heavy atom. The average molecular weight is 384 g/mol. The lowest BCUT2D eigenvalue weighted by atomic mass is 9.92. The summed E-state index contributed by atoms with van der Waals surface area (Å²) in [6, 6.07) is 9.00. The van der Waals surface area contributed by atoms with Gasteiger partial charge in [0.2, 0.25) is 0 Å². The molecule has 1 atom stereocenters. The van der Waals surface area contributed by atoms with Gasteiger partial charge in [0.25, 0.3) is 10.1 Å². The number of likely N-dealkylation sites (tertiary alicyclic amines) is 1. The number of ether oxygens (including phenoxy) is 1. The summed E-state index contributed by atoms with van der Waals surface area (Å²) in [6.45, 7) is 8.40. The molecule has 0 N–H and O–H groups in total. The lowest BCUT2D eigenvalue weighted by Crippen LogP contribution is -2.43. The third kappa shape index (κ3) is 6.61. The van der Waals surface area contributed by atoms with E-state index in [-0.39, 0.29) is 17.8 Å². The molecule has 1 amide bonds. The Morgan fingerprint density at radius 3 is 2.31 bits per heavy atom. The zero-order chi connectivity index (χ0) is 19.4. The fourth-order valence-electron chi connectivity index (χ4n) is 3.00. The minimum absolute atomic E-state index is 0.0965. The van der Waals surface area contributed by atoms with Gasteiger partial charge in [-0.15, -0.1) is 0 Å². The number of hydrogen-bond donors (Lipinski definition) is 0. The number of carbonyl (C=O) groups excluding carboxylic acids is 1. The smallest absolute Gasteiger partial charge is 0.410 e. The Kier molecular flexibility index (Phi) is 6.69. The standard InChI is InChI=1S/C19H29NO5S/c1-15(25-26(22,23)14-16-8-6-5-7-9-16)17-10-12-20(13-11-17)18(21)24-19(2,3)4/h5-9,15,17H,10-14H2,1-4H3. The maximum atomic E-state index is 12.3. The van der Waals surface area contributed by atoms with Crippen LogP contribution in [-0.2, 0) is 24.8 Å². The fourth-order valence-corrected chi connectivity index (χ4v) is 4.29. The number of amides is 1. The summed E-state index contributed by atoms with van der Waals surface area (Å²) in [5, 5.41) is 0. The highest BCUT2D eigenvalue weighted by Crippen LogP contribution is 2.25. The normalized spacial score (nSPS) is 17.8. The van der Waals surface area contributed by atoms with E-state index < -0.39 is 21.8 Å². The van der Waals surface area contributed by atoms with Crippen molar-refractivity contribution < 1.29 is 22.1 Å². The maximum absolute atomic E-state index is 12.3. The minimum Gasteiger partial charge on any atom is -0.444 e. The van der Waals surface area contributed by atoms with E-state index in [4.69, 9.17) is 8.92 Å². The van der Waals surface area contributed by atoms with Crippen LogP contribution in [0.4, 0.5) is 4.79 Å². The Balaban J connectivity index is 1.84. The second kappa shape index (κ2) is 8.39. The third-order valence-corrected chi connectivity index (χ3v) is 5.62. The van der Waals surface area contributed by atoms with Crippen LogP contribution in [0.1, 0.15) is 46.1 Å². The van der Waals surface area contributed by atoms with E-state index >= 15 is 0 Å². The summed E-state index contributed by atoms with van der Waals surface area (Å²) >= 11 is 0. The number of nitrogens with zero attached hydrogens (tertiary/aromatic N) is 1. The van der Waals surface area contributed by atoms with Gasteiger partial charge in [0.05, 0.1) is 6.10 Å². The van der Waals surface area contributed by atoms with Crippen molar-refractivity contribution in [3.63, 3.8) is 0 Å². The molecule has 1 aliphatic rings. The molecule has 1 unspecified atom stereocenters. The van der Waals surface area contributed by atoms with Gasteiger partial charge in [-0.2, -0.15) is 8.42 Å². The van der Waals surface area contributed by atoms with Gasteiger partial charge in [-0.05, 0) is 52.0 Å². The zero-order valence-electron chi connectivity index (χ0n) is 16.0. The van der Waals surface area contributed by atoms with Crippen molar-refractivity contribution in [3.05, 3.63) is 35.9 Å². The highest BCUT2D eigenvalue weighted by molar-refractivity contribution is 7.85. The summed E-state index contributed by atoms with van der Waals surface area (Å²) in [5.74, 6) is -0.0335. The molecule has 0 spiro atoms. The second-order valence-corrected chi connectivity index (χ2v) is 9.39. The van der Waals surface area contributed by atoms with E-state index in [0.717, 1.165) is 0 Å². The predicted octanol–water partition coefficient (Wildman–Crippen LogP) is 3.57. The monoisotopic (exact) mass is 383 g/mol. The molecule has 0 aliphatic carbocycles. The number of carbonyl (C=O) groups is 1. The van der Waals surface area contributed by atoms with Gasteiger partial charge in [-0.25, -0.2) is 4.79 Å². The first kappa shape index (κ1) is 20.7. The fraction of sp³-hybridized carbons (Fsp3) is 0.632. The van der Waals surface area contributed by atoms with E-state index in [1.54, 1.807) is 36.1 Å². The van der Waals surface area contributed by atoms with Crippen molar-refractivity contribution >= 4 is 16.2 Å². The average Bonchev–Trinajstić information content (AvgIpc) is 2.53. The number of benzene rings is 1. The largest absolute Gasteiger partial charge is 0.444 e. The van der Waals surface area contributed by atoms with Crippen LogP contribution in [0.15, 0.2) is 30.3 Å². The molecule has 0 saturated carbocycles. The Morgan fingerprint density at radius 2 is 1.77 bits per heavy atom. The van der Waals surface area contributed by atoms with Gasteiger partial charge in [0.15, 0.2) is 0 Å². The molecular formula is C19H29NO5S. The predicted molar refractivity (Wildman–Crippen MR) is 100 cm³/mol. The molecule has 1 aliphatic heterocycles. The quantitative estimate of drug-likeness (QED) is 0.727. The maximum Gasteiger partial charge on any atom is 0.410 e. The molecule has 1 heterocycles. The molecule has 7 heteroatoms. The Hall–Kier alpha value is -1.60. The highest BCUT2D eigenvalue weighted by atomic mass is 32.2. The number of piperidine rings is 1. The van der Waals surface area contributed by atoms with E-state index in [0.29, 0.717) is 31.5 Å². The first-order valence-electron chi connectivity index (χ1n) is 8.98. The van der Waals surface area contributed by atoms with Gasteiger partial charge in [-0.3, -0.25) is 4.18 Å². The van der Waals surface area contributed by atoms with Crippen molar-refractivity contribution in [1.82, 2.24) is 4.90 Å².